The van der Waals surface area contributed by atoms with Gasteiger partial charge in [-0.05, 0) is 35.7 Å². The highest BCUT2D eigenvalue weighted by Gasteiger charge is 2.21. The van der Waals surface area contributed by atoms with Gasteiger partial charge < -0.3 is 15.0 Å². The number of carbonyl (C=O) groups is 1. The van der Waals surface area contributed by atoms with Crippen LogP contribution in [0.1, 0.15) is 27.2 Å². The lowest BCUT2D eigenvalue weighted by Crippen LogP contribution is -2.25. The van der Waals surface area contributed by atoms with E-state index in [1.54, 1.807) is 14.2 Å². The molecule has 144 valence electrons. The molecule has 0 spiro atoms. The first-order valence-electron chi connectivity index (χ1n) is 9.29. The van der Waals surface area contributed by atoms with Crippen LogP contribution in [0.15, 0.2) is 30.3 Å². The molecular weight excluding hydrogens is 340 g/mol. The number of hydrogen-bond donors (Lipinski definition) is 1. The molecule has 1 N–H and O–H groups in total. The van der Waals surface area contributed by atoms with Crippen molar-refractivity contribution in [3.63, 3.8) is 0 Å². The summed E-state index contributed by atoms with van der Waals surface area (Å²) in [4.78, 5) is 21.4. The predicted molar refractivity (Wildman–Crippen MR) is 108 cm³/mol. The van der Waals surface area contributed by atoms with Crippen LogP contribution in [-0.4, -0.2) is 57.1 Å². The largest absolute Gasteiger partial charge is 0.497 e. The number of nitrogens with one attached hydrogen (secondary N) is 1. The van der Waals surface area contributed by atoms with Crippen LogP contribution in [0.3, 0.4) is 0 Å². The number of amides is 1. The number of ether oxygens (including phenoxy) is 1. The second-order valence-electron chi connectivity index (χ2n) is 7.07. The van der Waals surface area contributed by atoms with E-state index in [9.17, 15) is 4.79 Å². The highest BCUT2D eigenvalue weighted by molar-refractivity contribution is 5.99. The molecule has 2 heterocycles. The second-order valence-corrected chi connectivity index (χ2v) is 7.07. The molecular formula is C21H28N4O2. The Balaban J connectivity index is 1.80. The van der Waals surface area contributed by atoms with Crippen molar-refractivity contribution in [1.82, 2.24) is 15.2 Å². The number of fused-ring (bicyclic) bond motifs is 1. The van der Waals surface area contributed by atoms with Gasteiger partial charge in [0, 0.05) is 52.9 Å². The van der Waals surface area contributed by atoms with Crippen molar-refractivity contribution < 1.29 is 9.53 Å². The summed E-state index contributed by atoms with van der Waals surface area (Å²) in [5.74, 6) is 1.53. The molecule has 1 aliphatic rings. The van der Waals surface area contributed by atoms with Gasteiger partial charge >= 0.3 is 0 Å². The third-order valence-electron chi connectivity index (χ3n) is 4.97. The third-order valence-corrected chi connectivity index (χ3v) is 4.97. The van der Waals surface area contributed by atoms with E-state index in [-0.39, 0.29) is 5.91 Å². The lowest BCUT2D eigenvalue weighted by Gasteiger charge is -2.19. The molecule has 0 aliphatic carbocycles. The van der Waals surface area contributed by atoms with Crippen LogP contribution in [0.2, 0.25) is 0 Å². The first-order chi connectivity index (χ1) is 13.0. The summed E-state index contributed by atoms with van der Waals surface area (Å²) in [6.45, 7) is 2.78. The molecule has 0 fully saturated rings. The van der Waals surface area contributed by atoms with E-state index in [0.717, 1.165) is 49.7 Å². The van der Waals surface area contributed by atoms with Crippen LogP contribution in [0.4, 0.5) is 5.82 Å². The first kappa shape index (κ1) is 19.2. The van der Waals surface area contributed by atoms with Gasteiger partial charge in [-0.1, -0.05) is 12.1 Å². The van der Waals surface area contributed by atoms with Crippen LogP contribution in [-0.2, 0) is 19.4 Å². The topological polar surface area (TPSA) is 57.7 Å². The van der Waals surface area contributed by atoms with Gasteiger partial charge in [0.25, 0.3) is 5.91 Å². The van der Waals surface area contributed by atoms with Gasteiger partial charge in [-0.25, -0.2) is 4.98 Å². The lowest BCUT2D eigenvalue weighted by molar-refractivity contribution is 0.0963. The Kier molecular flexibility index (Phi) is 5.96. The maximum Gasteiger partial charge on any atom is 0.254 e. The van der Waals surface area contributed by atoms with Gasteiger partial charge in [-0.3, -0.25) is 9.69 Å². The van der Waals surface area contributed by atoms with Gasteiger partial charge in [0.15, 0.2) is 0 Å². The first-order valence-corrected chi connectivity index (χ1v) is 9.29. The van der Waals surface area contributed by atoms with Gasteiger partial charge in [-0.15, -0.1) is 0 Å². The third kappa shape index (κ3) is 4.39. The quantitative estimate of drug-likeness (QED) is 0.876. The van der Waals surface area contributed by atoms with E-state index in [1.165, 1.54) is 11.1 Å². The van der Waals surface area contributed by atoms with Crippen LogP contribution in [0.5, 0.6) is 5.75 Å². The Morgan fingerprint density at radius 1 is 1.26 bits per heavy atom. The minimum atomic E-state index is -0.0912. The molecule has 2 aromatic rings. The fourth-order valence-electron chi connectivity index (χ4n) is 3.50. The van der Waals surface area contributed by atoms with Crippen molar-refractivity contribution in [3.8, 4) is 5.75 Å². The number of rotatable bonds is 5. The van der Waals surface area contributed by atoms with E-state index < -0.39 is 0 Å². The summed E-state index contributed by atoms with van der Waals surface area (Å²) in [5.41, 5.74) is 4.16. The summed E-state index contributed by atoms with van der Waals surface area (Å²) >= 11 is 0. The van der Waals surface area contributed by atoms with Gasteiger partial charge in [0.05, 0.1) is 12.7 Å². The highest BCUT2D eigenvalue weighted by Crippen LogP contribution is 2.24. The fourth-order valence-corrected chi connectivity index (χ4v) is 3.50. The molecule has 0 radical (unpaired) electrons. The predicted octanol–water partition coefficient (Wildman–Crippen LogP) is 2.12. The molecule has 27 heavy (non-hydrogen) atoms. The summed E-state index contributed by atoms with van der Waals surface area (Å²) < 4.78 is 5.33. The number of methoxy groups -OCH3 is 1. The molecule has 0 atom stereocenters. The van der Waals surface area contributed by atoms with Crippen LogP contribution < -0.4 is 15.0 Å². The van der Waals surface area contributed by atoms with Crippen molar-refractivity contribution in [3.05, 3.63) is 52.7 Å². The zero-order valence-electron chi connectivity index (χ0n) is 16.6. The Morgan fingerprint density at radius 2 is 2.04 bits per heavy atom. The number of pyridine rings is 1. The minimum Gasteiger partial charge on any atom is -0.497 e. The number of hydrogen-bond acceptors (Lipinski definition) is 5. The maximum absolute atomic E-state index is 12.3. The molecule has 0 bridgehead atoms. The smallest absolute Gasteiger partial charge is 0.254 e. The number of benzene rings is 1. The molecule has 1 amide bonds. The maximum atomic E-state index is 12.3. The number of aromatic nitrogens is 1. The van der Waals surface area contributed by atoms with E-state index in [1.807, 2.05) is 37.2 Å². The molecule has 1 aromatic carbocycles. The van der Waals surface area contributed by atoms with Crippen molar-refractivity contribution in [2.75, 3.05) is 46.2 Å². The standard InChI is InChI=1S/C21H28N4O2/c1-22-21(26)18-13-16-8-10-25(11-9-19(16)23-20(18)24(2)3)14-15-6-5-7-17(12-15)27-4/h5-7,12-13H,8-11,14H2,1-4H3,(H,22,26). The Bertz CT molecular complexity index is 820. The average Bonchev–Trinajstić information content (AvgIpc) is 2.88. The van der Waals surface area contributed by atoms with E-state index in [4.69, 9.17) is 9.72 Å². The number of nitrogens with zero attached hydrogens (tertiary/aromatic N) is 3. The molecule has 0 unspecified atom stereocenters. The van der Waals surface area contributed by atoms with Gasteiger partial charge in [0.1, 0.15) is 11.6 Å². The summed E-state index contributed by atoms with van der Waals surface area (Å²) in [6, 6.07) is 10.2. The molecule has 0 saturated carbocycles. The van der Waals surface area contributed by atoms with Crippen LogP contribution in [0.25, 0.3) is 0 Å². The molecule has 1 aromatic heterocycles. The average molecular weight is 368 g/mol. The van der Waals surface area contributed by atoms with Crippen LogP contribution in [0, 0.1) is 0 Å². The second kappa shape index (κ2) is 8.39. The number of carbonyl (C=O) groups excluding carboxylic acids is 1. The summed E-state index contributed by atoms with van der Waals surface area (Å²) in [6.07, 6.45) is 1.78. The van der Waals surface area contributed by atoms with Crippen LogP contribution >= 0.6 is 0 Å². The summed E-state index contributed by atoms with van der Waals surface area (Å²) in [5, 5.41) is 2.72. The van der Waals surface area contributed by atoms with E-state index in [2.05, 4.69) is 22.3 Å². The molecule has 0 saturated heterocycles. The van der Waals surface area contributed by atoms with Crippen molar-refractivity contribution in [2.24, 2.45) is 0 Å². The van der Waals surface area contributed by atoms with Gasteiger partial charge in [0.2, 0.25) is 0 Å². The van der Waals surface area contributed by atoms with Crippen molar-refractivity contribution >= 4 is 11.7 Å². The number of anilines is 1. The zero-order chi connectivity index (χ0) is 19.4. The SMILES string of the molecule is CNC(=O)c1cc2c(nc1N(C)C)CCN(Cc1cccc(OC)c1)CC2. The Hall–Kier alpha value is -2.60. The summed E-state index contributed by atoms with van der Waals surface area (Å²) in [7, 11) is 7.20. The molecule has 6 heteroatoms. The lowest BCUT2D eigenvalue weighted by atomic mass is 10.0. The minimum absolute atomic E-state index is 0.0912. The Labute approximate surface area is 161 Å². The normalized spacial score (nSPS) is 14.2. The molecule has 3 rings (SSSR count). The van der Waals surface area contributed by atoms with E-state index in [0.29, 0.717) is 5.56 Å². The fraction of sp³-hybridized carbons (Fsp3) is 0.429. The monoisotopic (exact) mass is 368 g/mol. The van der Waals surface area contributed by atoms with Crippen molar-refractivity contribution in [2.45, 2.75) is 19.4 Å². The van der Waals surface area contributed by atoms with E-state index >= 15 is 0 Å². The Morgan fingerprint density at radius 3 is 2.74 bits per heavy atom. The van der Waals surface area contributed by atoms with Crippen molar-refractivity contribution in [1.29, 1.82) is 0 Å². The molecule has 6 nitrogen and oxygen atoms in total. The molecule has 1 aliphatic heterocycles. The highest BCUT2D eigenvalue weighted by atomic mass is 16.5. The zero-order valence-corrected chi connectivity index (χ0v) is 16.6. The van der Waals surface area contributed by atoms with Gasteiger partial charge in [-0.2, -0.15) is 0 Å².